The number of hydrogen-bond acceptors (Lipinski definition) is 6. The van der Waals surface area contributed by atoms with Gasteiger partial charge in [-0.25, -0.2) is 21.9 Å². The Hall–Kier alpha value is -1.92. The summed E-state index contributed by atoms with van der Waals surface area (Å²) in [6.45, 7) is 2.74. The van der Waals surface area contributed by atoms with Crippen LogP contribution in [-0.2, 0) is 27.0 Å². The molecule has 13 heteroatoms. The van der Waals surface area contributed by atoms with Gasteiger partial charge in [-0.15, -0.1) is 0 Å². The Kier molecular flexibility index (Phi) is 5.74. The Balaban J connectivity index is 2.43. The molecule has 0 amide bonds. The van der Waals surface area contributed by atoms with Gasteiger partial charge < -0.3 is 9.57 Å². The van der Waals surface area contributed by atoms with Gasteiger partial charge in [0.05, 0.1) is 11.3 Å². The van der Waals surface area contributed by atoms with Gasteiger partial charge in [-0.2, -0.15) is 18.3 Å². The zero-order chi connectivity index (χ0) is 20.6. The minimum atomic E-state index is -4.74. The van der Waals surface area contributed by atoms with E-state index in [-0.39, 0.29) is 18.0 Å². The van der Waals surface area contributed by atoms with Gasteiger partial charge in [0.1, 0.15) is 11.3 Å². The molecule has 1 aliphatic rings. The molecule has 2 rings (SSSR count). The predicted molar refractivity (Wildman–Crippen MR) is 84.2 cm³/mol. The molecule has 0 N–H and O–H groups in total. The molecule has 1 aliphatic heterocycles. The standard InChI is InChI=1S/C14H18F5N3O4S/c1-4-22-12(25-7-14(17,18)19)8(10(20-22)11(15)16)6-27(23,24)9-5-13(2,3)26-21-9/h11H,4-7H2,1-3H3. The smallest absolute Gasteiger partial charge is 0.422 e. The number of sulfone groups is 1. The molecule has 1 aromatic heterocycles. The van der Waals surface area contributed by atoms with Crippen molar-refractivity contribution in [2.45, 2.75) is 57.7 Å². The molecule has 0 fully saturated rings. The van der Waals surface area contributed by atoms with Crippen molar-refractivity contribution in [3.8, 4) is 5.88 Å². The monoisotopic (exact) mass is 419 g/mol. The lowest BCUT2D eigenvalue weighted by molar-refractivity contribution is -0.154. The van der Waals surface area contributed by atoms with Gasteiger partial charge in [0.15, 0.2) is 21.5 Å². The summed E-state index contributed by atoms with van der Waals surface area (Å²) < 4.78 is 94.5. The van der Waals surface area contributed by atoms with Gasteiger partial charge in [0.2, 0.25) is 5.88 Å². The van der Waals surface area contributed by atoms with E-state index in [1.54, 1.807) is 13.8 Å². The molecule has 27 heavy (non-hydrogen) atoms. The van der Waals surface area contributed by atoms with E-state index in [1.807, 2.05) is 0 Å². The second-order valence-electron chi connectivity index (χ2n) is 6.46. The van der Waals surface area contributed by atoms with Crippen LogP contribution in [0.25, 0.3) is 0 Å². The molecule has 0 atom stereocenters. The quantitative estimate of drug-likeness (QED) is 0.662. The summed E-state index contributed by atoms with van der Waals surface area (Å²) in [5.74, 6) is -1.69. The summed E-state index contributed by atoms with van der Waals surface area (Å²) in [6, 6.07) is 0. The molecular formula is C14H18F5N3O4S. The number of oxime groups is 1. The third-order valence-corrected chi connectivity index (χ3v) is 5.18. The Morgan fingerprint density at radius 1 is 1.33 bits per heavy atom. The molecule has 2 heterocycles. The second kappa shape index (κ2) is 7.24. The molecule has 0 unspecified atom stereocenters. The number of alkyl halides is 5. The highest BCUT2D eigenvalue weighted by Gasteiger charge is 2.39. The Labute approximate surface area is 152 Å². The van der Waals surface area contributed by atoms with Crippen LogP contribution in [0.5, 0.6) is 5.88 Å². The van der Waals surface area contributed by atoms with Gasteiger partial charge >= 0.3 is 6.18 Å². The van der Waals surface area contributed by atoms with Crippen LogP contribution in [0, 0.1) is 0 Å². The molecule has 0 bridgehead atoms. The van der Waals surface area contributed by atoms with E-state index >= 15 is 0 Å². The second-order valence-corrected chi connectivity index (χ2v) is 8.45. The van der Waals surface area contributed by atoms with Crippen LogP contribution < -0.4 is 4.74 Å². The zero-order valence-corrected chi connectivity index (χ0v) is 15.5. The van der Waals surface area contributed by atoms with Crippen LogP contribution in [0.3, 0.4) is 0 Å². The van der Waals surface area contributed by atoms with Crippen LogP contribution in [0.15, 0.2) is 5.16 Å². The predicted octanol–water partition coefficient (Wildman–Crippen LogP) is 3.21. The van der Waals surface area contributed by atoms with Crippen molar-refractivity contribution in [3.63, 3.8) is 0 Å². The first-order valence-corrected chi connectivity index (χ1v) is 9.46. The highest BCUT2D eigenvalue weighted by atomic mass is 32.2. The van der Waals surface area contributed by atoms with Crippen molar-refractivity contribution in [2.24, 2.45) is 5.16 Å². The Morgan fingerprint density at radius 3 is 2.41 bits per heavy atom. The third-order valence-electron chi connectivity index (χ3n) is 3.57. The van der Waals surface area contributed by atoms with Gasteiger partial charge in [-0.1, -0.05) is 5.16 Å². The van der Waals surface area contributed by atoms with Crippen LogP contribution in [-0.4, -0.2) is 41.6 Å². The SMILES string of the molecule is CCn1nc(C(F)F)c(CS(=O)(=O)C2=NOC(C)(C)C2)c1OCC(F)(F)F. The van der Waals surface area contributed by atoms with Gasteiger partial charge in [-0.3, -0.25) is 0 Å². The molecule has 0 spiro atoms. The number of aromatic nitrogens is 2. The van der Waals surface area contributed by atoms with Crippen LogP contribution in [0.1, 0.15) is 44.9 Å². The lowest BCUT2D eigenvalue weighted by Crippen LogP contribution is -2.24. The van der Waals surface area contributed by atoms with Crippen molar-refractivity contribution in [2.75, 3.05) is 6.61 Å². The lowest BCUT2D eigenvalue weighted by Gasteiger charge is -2.14. The van der Waals surface area contributed by atoms with Crippen molar-refractivity contribution < 1.29 is 39.9 Å². The Bertz CT molecular complexity index is 831. The molecule has 0 saturated carbocycles. The van der Waals surface area contributed by atoms with E-state index in [9.17, 15) is 30.4 Å². The third kappa shape index (κ3) is 5.08. The largest absolute Gasteiger partial charge is 0.468 e. The van der Waals surface area contributed by atoms with Gasteiger partial charge in [-0.05, 0) is 20.8 Å². The van der Waals surface area contributed by atoms with Crippen LogP contribution in [0.2, 0.25) is 0 Å². The summed E-state index contributed by atoms with van der Waals surface area (Å²) in [7, 11) is -4.23. The molecule has 0 aromatic carbocycles. The lowest BCUT2D eigenvalue weighted by atomic mass is 10.1. The van der Waals surface area contributed by atoms with Gasteiger partial charge in [0, 0.05) is 13.0 Å². The van der Waals surface area contributed by atoms with Crippen molar-refractivity contribution in [1.29, 1.82) is 0 Å². The van der Waals surface area contributed by atoms with E-state index in [2.05, 4.69) is 15.0 Å². The first-order valence-electron chi connectivity index (χ1n) is 7.81. The molecular weight excluding hydrogens is 401 g/mol. The minimum Gasteiger partial charge on any atom is -0.468 e. The van der Waals surface area contributed by atoms with Crippen LogP contribution in [0.4, 0.5) is 22.0 Å². The maximum atomic E-state index is 13.3. The van der Waals surface area contributed by atoms with E-state index < -0.39 is 57.5 Å². The normalized spacial score (nSPS) is 17.1. The van der Waals surface area contributed by atoms with Crippen molar-refractivity contribution in [1.82, 2.24) is 9.78 Å². The minimum absolute atomic E-state index is 0.0932. The maximum absolute atomic E-state index is 13.3. The highest BCUT2D eigenvalue weighted by Crippen LogP contribution is 2.34. The number of nitrogens with zero attached hydrogens (tertiary/aromatic N) is 3. The molecule has 0 saturated heterocycles. The Morgan fingerprint density at radius 2 is 1.96 bits per heavy atom. The summed E-state index contributed by atoms with van der Waals surface area (Å²) >= 11 is 0. The van der Waals surface area contributed by atoms with Gasteiger partial charge in [0.25, 0.3) is 6.43 Å². The average molecular weight is 419 g/mol. The molecule has 0 radical (unpaired) electrons. The fraction of sp³-hybridized carbons (Fsp3) is 0.714. The average Bonchev–Trinajstić information content (AvgIpc) is 3.04. The molecule has 0 aliphatic carbocycles. The highest BCUT2D eigenvalue weighted by molar-refractivity contribution is 8.05. The number of aryl methyl sites for hydroxylation is 1. The first kappa shape index (κ1) is 21.4. The fourth-order valence-electron chi connectivity index (χ4n) is 2.38. The fourth-order valence-corrected chi connectivity index (χ4v) is 3.92. The van der Waals surface area contributed by atoms with Crippen molar-refractivity contribution in [3.05, 3.63) is 11.3 Å². The molecule has 1 aromatic rings. The number of rotatable bonds is 6. The molecule has 7 nitrogen and oxygen atoms in total. The number of halogens is 5. The maximum Gasteiger partial charge on any atom is 0.422 e. The number of ether oxygens (including phenoxy) is 1. The number of hydrogen-bond donors (Lipinski definition) is 0. The van der Waals surface area contributed by atoms with Crippen LogP contribution >= 0.6 is 0 Å². The zero-order valence-electron chi connectivity index (χ0n) is 14.7. The first-order chi connectivity index (χ1) is 12.3. The van der Waals surface area contributed by atoms with E-state index in [0.717, 1.165) is 4.68 Å². The summed E-state index contributed by atoms with van der Waals surface area (Å²) in [5, 5.41) is 6.60. The summed E-state index contributed by atoms with van der Waals surface area (Å²) in [6.07, 6.45) is -8.04. The topological polar surface area (TPSA) is 82.8 Å². The summed E-state index contributed by atoms with van der Waals surface area (Å²) in [4.78, 5) is 4.96. The van der Waals surface area contributed by atoms with E-state index in [4.69, 9.17) is 4.84 Å². The van der Waals surface area contributed by atoms with E-state index in [1.165, 1.54) is 6.92 Å². The molecule has 154 valence electrons. The van der Waals surface area contributed by atoms with E-state index in [0.29, 0.717) is 0 Å². The summed E-state index contributed by atoms with van der Waals surface area (Å²) in [5.41, 5.74) is -2.46. The van der Waals surface area contributed by atoms with Crippen molar-refractivity contribution >= 4 is 14.9 Å².